The first-order chi connectivity index (χ1) is 14.0. The van der Waals surface area contributed by atoms with Crippen molar-refractivity contribution in [2.45, 2.75) is 56.5 Å². The molecule has 154 valence electrons. The quantitative estimate of drug-likeness (QED) is 0.699. The van der Waals surface area contributed by atoms with E-state index >= 15 is 0 Å². The van der Waals surface area contributed by atoms with Crippen molar-refractivity contribution < 1.29 is 19.1 Å². The predicted molar refractivity (Wildman–Crippen MR) is 104 cm³/mol. The number of rotatable bonds is 4. The number of nitrogens with one attached hydrogen (secondary N) is 1. The highest BCUT2D eigenvalue weighted by Gasteiger charge is 2.49. The van der Waals surface area contributed by atoms with Gasteiger partial charge >= 0.3 is 0 Å². The van der Waals surface area contributed by atoms with Crippen LogP contribution in [0.5, 0.6) is 0 Å². The van der Waals surface area contributed by atoms with Gasteiger partial charge in [0.15, 0.2) is 0 Å². The highest BCUT2D eigenvalue weighted by Crippen LogP contribution is 2.38. The fourth-order valence-electron chi connectivity index (χ4n) is 5.16. The fourth-order valence-corrected chi connectivity index (χ4v) is 5.16. The number of hydrogen-bond acceptors (Lipinski definition) is 6. The summed E-state index contributed by atoms with van der Waals surface area (Å²) in [6.07, 6.45) is 2.97. The van der Waals surface area contributed by atoms with E-state index in [-0.39, 0.29) is 35.8 Å². The Kier molecular flexibility index (Phi) is 4.45. The molecule has 2 unspecified atom stereocenters. The lowest BCUT2D eigenvalue weighted by Gasteiger charge is -2.47. The van der Waals surface area contributed by atoms with Gasteiger partial charge in [-0.2, -0.15) is 0 Å². The van der Waals surface area contributed by atoms with Crippen LogP contribution < -0.4 is 11.1 Å². The molecule has 5 rings (SSSR count). The number of carbonyl (C=O) groups excluding carboxylic acids is 3. The number of carbonyl (C=O) groups is 3. The number of likely N-dealkylation sites (tertiary alicyclic amines) is 1. The second-order valence-corrected chi connectivity index (χ2v) is 8.73. The SMILES string of the molecule is NCC1CCC2(CN(Cc3ccc4c(c3)CN(C3CCC(=O)NC3=O)C4=O)C2)O1. The molecular formula is C21H26N4O4. The Morgan fingerprint density at radius 1 is 1.21 bits per heavy atom. The summed E-state index contributed by atoms with van der Waals surface area (Å²) in [6, 6.07) is 5.36. The minimum atomic E-state index is -0.568. The topological polar surface area (TPSA) is 105 Å². The van der Waals surface area contributed by atoms with Gasteiger partial charge in [0, 0.05) is 44.7 Å². The first kappa shape index (κ1) is 18.7. The third-order valence-electron chi connectivity index (χ3n) is 6.62. The van der Waals surface area contributed by atoms with E-state index < -0.39 is 6.04 Å². The van der Waals surface area contributed by atoms with E-state index in [2.05, 4.69) is 16.3 Å². The monoisotopic (exact) mass is 398 g/mol. The van der Waals surface area contributed by atoms with E-state index in [4.69, 9.17) is 10.5 Å². The summed E-state index contributed by atoms with van der Waals surface area (Å²) in [7, 11) is 0. The molecule has 3 N–H and O–H groups in total. The highest BCUT2D eigenvalue weighted by molar-refractivity contribution is 6.05. The molecule has 29 heavy (non-hydrogen) atoms. The zero-order chi connectivity index (χ0) is 20.2. The molecule has 4 heterocycles. The second kappa shape index (κ2) is 6.90. The van der Waals surface area contributed by atoms with Crippen LogP contribution in [0.15, 0.2) is 18.2 Å². The molecule has 0 aliphatic carbocycles. The van der Waals surface area contributed by atoms with Crippen molar-refractivity contribution in [2.75, 3.05) is 19.6 Å². The van der Waals surface area contributed by atoms with Gasteiger partial charge in [-0.25, -0.2) is 0 Å². The standard InChI is InChI=1S/C21H26N4O4/c22-8-15-5-6-21(29-15)11-24(12-21)9-13-1-2-16-14(7-13)10-25(20(16)28)17-3-4-18(26)23-19(17)27/h1-2,7,15,17H,3-6,8-12,22H2,(H,23,26,27). The summed E-state index contributed by atoms with van der Waals surface area (Å²) in [5.74, 6) is -0.772. The molecule has 8 heteroatoms. The summed E-state index contributed by atoms with van der Waals surface area (Å²) < 4.78 is 6.11. The largest absolute Gasteiger partial charge is 0.368 e. The summed E-state index contributed by atoms with van der Waals surface area (Å²) in [4.78, 5) is 40.3. The van der Waals surface area contributed by atoms with Gasteiger partial charge in [-0.05, 0) is 36.5 Å². The Hall–Kier alpha value is -2.29. The molecule has 3 amide bonds. The molecule has 0 saturated carbocycles. The Bertz CT molecular complexity index is 879. The number of amides is 3. The molecule has 4 aliphatic rings. The molecule has 8 nitrogen and oxygen atoms in total. The van der Waals surface area contributed by atoms with Gasteiger partial charge in [-0.15, -0.1) is 0 Å². The Labute approximate surface area is 169 Å². The molecule has 0 aromatic heterocycles. The summed E-state index contributed by atoms with van der Waals surface area (Å²) >= 11 is 0. The van der Waals surface area contributed by atoms with E-state index in [9.17, 15) is 14.4 Å². The lowest BCUT2D eigenvalue weighted by atomic mass is 9.90. The van der Waals surface area contributed by atoms with E-state index in [1.54, 1.807) is 4.90 Å². The smallest absolute Gasteiger partial charge is 0.255 e. The van der Waals surface area contributed by atoms with Crippen LogP contribution in [0.1, 0.15) is 47.2 Å². The third kappa shape index (κ3) is 3.25. The van der Waals surface area contributed by atoms with Crippen molar-refractivity contribution in [1.29, 1.82) is 0 Å². The van der Waals surface area contributed by atoms with E-state index in [0.29, 0.717) is 25.1 Å². The van der Waals surface area contributed by atoms with Crippen molar-refractivity contribution in [3.8, 4) is 0 Å². The maximum absolute atomic E-state index is 12.8. The maximum Gasteiger partial charge on any atom is 0.255 e. The molecule has 4 aliphatic heterocycles. The van der Waals surface area contributed by atoms with Gasteiger partial charge in [-0.3, -0.25) is 24.6 Å². The van der Waals surface area contributed by atoms with E-state index in [1.165, 1.54) is 0 Å². The van der Waals surface area contributed by atoms with Crippen molar-refractivity contribution in [2.24, 2.45) is 5.73 Å². The first-order valence-electron chi connectivity index (χ1n) is 10.3. The Morgan fingerprint density at radius 3 is 2.76 bits per heavy atom. The summed E-state index contributed by atoms with van der Waals surface area (Å²) in [6.45, 7) is 3.66. The van der Waals surface area contributed by atoms with Crippen LogP contribution in [-0.2, 0) is 27.4 Å². The molecule has 3 saturated heterocycles. The lowest BCUT2D eigenvalue weighted by molar-refractivity contribution is -0.137. The van der Waals surface area contributed by atoms with Gasteiger partial charge in [0.2, 0.25) is 11.8 Å². The van der Waals surface area contributed by atoms with Crippen LogP contribution in [0.3, 0.4) is 0 Å². The van der Waals surface area contributed by atoms with Gasteiger partial charge in [-0.1, -0.05) is 12.1 Å². The predicted octanol–water partition coefficient (Wildman–Crippen LogP) is 0.140. The number of piperidine rings is 1. The summed E-state index contributed by atoms with van der Waals surface area (Å²) in [5, 5.41) is 2.34. The van der Waals surface area contributed by atoms with Crippen LogP contribution >= 0.6 is 0 Å². The summed E-state index contributed by atoms with van der Waals surface area (Å²) in [5.41, 5.74) is 8.47. The zero-order valence-electron chi connectivity index (χ0n) is 16.4. The molecule has 1 spiro atoms. The van der Waals surface area contributed by atoms with Gasteiger partial charge in [0.05, 0.1) is 11.7 Å². The molecule has 1 aromatic rings. The van der Waals surface area contributed by atoms with Crippen LogP contribution in [0.25, 0.3) is 0 Å². The minimum Gasteiger partial charge on any atom is -0.368 e. The van der Waals surface area contributed by atoms with Crippen molar-refractivity contribution in [3.63, 3.8) is 0 Å². The molecule has 2 atom stereocenters. The normalized spacial score (nSPS) is 28.6. The second-order valence-electron chi connectivity index (χ2n) is 8.73. The molecule has 0 bridgehead atoms. The van der Waals surface area contributed by atoms with Crippen LogP contribution in [0.4, 0.5) is 0 Å². The maximum atomic E-state index is 12.8. The van der Waals surface area contributed by atoms with Crippen molar-refractivity contribution in [3.05, 3.63) is 34.9 Å². The van der Waals surface area contributed by atoms with E-state index in [1.807, 2.05) is 12.1 Å². The number of hydrogen-bond donors (Lipinski definition) is 2. The molecular weight excluding hydrogens is 372 g/mol. The van der Waals surface area contributed by atoms with Crippen LogP contribution in [0.2, 0.25) is 0 Å². The van der Waals surface area contributed by atoms with Crippen molar-refractivity contribution in [1.82, 2.24) is 15.1 Å². The molecule has 1 aromatic carbocycles. The molecule has 0 radical (unpaired) electrons. The first-order valence-corrected chi connectivity index (χ1v) is 10.3. The third-order valence-corrected chi connectivity index (χ3v) is 6.62. The van der Waals surface area contributed by atoms with Gasteiger partial charge < -0.3 is 15.4 Å². The van der Waals surface area contributed by atoms with Gasteiger partial charge in [0.25, 0.3) is 5.91 Å². The van der Waals surface area contributed by atoms with Crippen molar-refractivity contribution >= 4 is 17.7 Å². The average Bonchev–Trinajstić information content (AvgIpc) is 3.23. The van der Waals surface area contributed by atoms with Crippen LogP contribution in [-0.4, -0.2) is 64.9 Å². The van der Waals surface area contributed by atoms with Crippen LogP contribution in [0, 0.1) is 0 Å². The lowest BCUT2D eigenvalue weighted by Crippen LogP contribution is -2.61. The molecule has 3 fully saturated rings. The number of nitrogens with zero attached hydrogens (tertiary/aromatic N) is 2. The Morgan fingerprint density at radius 2 is 2.03 bits per heavy atom. The fraction of sp³-hybridized carbons (Fsp3) is 0.571. The highest BCUT2D eigenvalue weighted by atomic mass is 16.5. The number of imide groups is 1. The number of benzene rings is 1. The average molecular weight is 398 g/mol. The zero-order valence-corrected chi connectivity index (χ0v) is 16.4. The van der Waals surface area contributed by atoms with Gasteiger partial charge in [0.1, 0.15) is 6.04 Å². The Balaban J connectivity index is 1.23. The number of ether oxygens (including phenoxy) is 1. The number of fused-ring (bicyclic) bond motifs is 1. The minimum absolute atomic E-state index is 0.0146. The van der Waals surface area contributed by atoms with E-state index in [0.717, 1.165) is 43.6 Å². The number of nitrogens with two attached hydrogens (primary N) is 1.